The number of carboxylic acid groups (broad SMARTS) is 1. The maximum atomic E-state index is 13.0. The molecular weight excluding hydrogens is 508 g/mol. The molecule has 1 atom stereocenters. The van der Waals surface area contributed by atoms with E-state index in [0.29, 0.717) is 10.8 Å². The van der Waals surface area contributed by atoms with Crippen molar-refractivity contribution in [2.24, 2.45) is 0 Å². The molecule has 11 nitrogen and oxygen atoms in total. The van der Waals surface area contributed by atoms with E-state index in [-0.39, 0.29) is 25.2 Å². The normalized spacial score (nSPS) is 12.4. The standard InChI is InChI=1S/C23H24N4O7S2/c1-36(32,33)27-11-9-17(14-27)21(30)24-18(10-13-34-12-5-8-20(28)29)22(31)26-23-25-19(15-35-23)16-6-3-2-4-7-16/h2-9,11,14-15,18H,10,12-13H2,1H3,(H,24,30)(H,28,29)(H,25,26,31). The van der Waals surface area contributed by atoms with E-state index in [4.69, 9.17) is 9.84 Å². The van der Waals surface area contributed by atoms with Crippen molar-refractivity contribution in [1.82, 2.24) is 14.3 Å². The summed E-state index contributed by atoms with van der Waals surface area (Å²) in [5, 5.41) is 16.0. The molecule has 3 rings (SSSR count). The lowest BCUT2D eigenvalue weighted by atomic mass is 10.2. The first kappa shape index (κ1) is 26.8. The molecule has 0 aliphatic heterocycles. The maximum Gasteiger partial charge on any atom is 0.328 e. The minimum Gasteiger partial charge on any atom is -0.478 e. The highest BCUT2D eigenvalue weighted by Crippen LogP contribution is 2.24. The number of ether oxygens (including phenoxy) is 1. The van der Waals surface area contributed by atoms with Gasteiger partial charge in [-0.05, 0) is 12.5 Å². The Labute approximate surface area is 211 Å². The molecule has 1 unspecified atom stereocenters. The maximum absolute atomic E-state index is 13.0. The van der Waals surface area contributed by atoms with E-state index < -0.39 is 33.8 Å². The number of thiazole rings is 1. The smallest absolute Gasteiger partial charge is 0.328 e. The number of carbonyl (C=O) groups excluding carboxylic acids is 2. The van der Waals surface area contributed by atoms with Gasteiger partial charge in [0, 0.05) is 36.0 Å². The molecule has 2 amide bonds. The number of rotatable bonds is 12. The number of hydrogen-bond donors (Lipinski definition) is 3. The van der Waals surface area contributed by atoms with Crippen LogP contribution in [-0.2, 0) is 24.3 Å². The van der Waals surface area contributed by atoms with Crippen LogP contribution in [0.2, 0.25) is 0 Å². The molecule has 1 aromatic carbocycles. The molecule has 0 aliphatic rings. The molecule has 13 heteroatoms. The Balaban J connectivity index is 1.68. The molecule has 2 aromatic heterocycles. The Morgan fingerprint density at radius 2 is 1.97 bits per heavy atom. The number of nitrogens with one attached hydrogen (secondary N) is 2. The van der Waals surface area contributed by atoms with Crippen LogP contribution in [0.4, 0.5) is 5.13 Å². The van der Waals surface area contributed by atoms with E-state index in [1.807, 2.05) is 30.3 Å². The Morgan fingerprint density at radius 1 is 1.22 bits per heavy atom. The van der Waals surface area contributed by atoms with Gasteiger partial charge in [-0.15, -0.1) is 11.3 Å². The fourth-order valence-corrected chi connectivity index (χ4v) is 4.30. The van der Waals surface area contributed by atoms with Crippen molar-refractivity contribution in [1.29, 1.82) is 0 Å². The van der Waals surface area contributed by atoms with E-state index in [9.17, 15) is 22.8 Å². The highest BCUT2D eigenvalue weighted by atomic mass is 32.2. The highest BCUT2D eigenvalue weighted by Gasteiger charge is 2.23. The molecule has 190 valence electrons. The van der Waals surface area contributed by atoms with Gasteiger partial charge in [0.25, 0.3) is 5.91 Å². The number of carboxylic acids is 1. The van der Waals surface area contributed by atoms with Crippen molar-refractivity contribution in [3.8, 4) is 11.3 Å². The first-order valence-electron chi connectivity index (χ1n) is 10.6. The number of benzene rings is 1. The van der Waals surface area contributed by atoms with E-state index in [1.54, 1.807) is 5.38 Å². The van der Waals surface area contributed by atoms with Gasteiger partial charge in [-0.3, -0.25) is 13.6 Å². The van der Waals surface area contributed by atoms with Crippen LogP contribution in [0.5, 0.6) is 0 Å². The zero-order valence-corrected chi connectivity index (χ0v) is 20.8. The minimum atomic E-state index is -3.57. The van der Waals surface area contributed by atoms with Crippen LogP contribution in [0.1, 0.15) is 16.8 Å². The Bertz CT molecular complexity index is 1350. The molecule has 3 N–H and O–H groups in total. The molecule has 0 aliphatic carbocycles. The Kier molecular flexibility index (Phi) is 9.11. The lowest BCUT2D eigenvalue weighted by Gasteiger charge is -2.17. The van der Waals surface area contributed by atoms with Crippen molar-refractivity contribution in [3.63, 3.8) is 0 Å². The van der Waals surface area contributed by atoms with Gasteiger partial charge in [0.1, 0.15) is 6.04 Å². The van der Waals surface area contributed by atoms with Gasteiger partial charge in [0.15, 0.2) is 5.13 Å². The summed E-state index contributed by atoms with van der Waals surface area (Å²) < 4.78 is 29.6. The van der Waals surface area contributed by atoms with E-state index in [2.05, 4.69) is 15.6 Å². The largest absolute Gasteiger partial charge is 0.478 e. The molecule has 0 saturated heterocycles. The topological polar surface area (TPSA) is 157 Å². The summed E-state index contributed by atoms with van der Waals surface area (Å²) in [6, 6.07) is 9.71. The second-order valence-corrected chi connectivity index (χ2v) is 10.3. The lowest BCUT2D eigenvalue weighted by Crippen LogP contribution is -2.44. The first-order valence-corrected chi connectivity index (χ1v) is 13.3. The average Bonchev–Trinajstić information content (AvgIpc) is 3.51. The van der Waals surface area contributed by atoms with Crippen LogP contribution < -0.4 is 10.6 Å². The Hall–Kier alpha value is -3.81. The number of aliphatic carboxylic acids is 1. The first-order chi connectivity index (χ1) is 17.1. The fourth-order valence-electron chi connectivity index (χ4n) is 2.99. The van der Waals surface area contributed by atoms with Crippen molar-refractivity contribution < 1.29 is 32.6 Å². The average molecular weight is 533 g/mol. The molecule has 0 fully saturated rings. The number of amides is 2. The van der Waals surface area contributed by atoms with Crippen molar-refractivity contribution in [3.05, 3.63) is 71.9 Å². The van der Waals surface area contributed by atoms with Crippen LogP contribution in [-0.4, -0.2) is 65.8 Å². The molecule has 36 heavy (non-hydrogen) atoms. The van der Waals surface area contributed by atoms with Crippen LogP contribution in [0, 0.1) is 0 Å². The molecule has 0 radical (unpaired) electrons. The number of nitrogens with zero attached hydrogens (tertiary/aromatic N) is 2. The molecule has 0 saturated carbocycles. The predicted molar refractivity (Wildman–Crippen MR) is 134 cm³/mol. The van der Waals surface area contributed by atoms with Gasteiger partial charge in [-0.1, -0.05) is 36.4 Å². The Morgan fingerprint density at radius 3 is 2.64 bits per heavy atom. The van der Waals surface area contributed by atoms with E-state index in [0.717, 1.165) is 28.1 Å². The quantitative estimate of drug-likeness (QED) is 0.237. The SMILES string of the molecule is CS(=O)(=O)n1ccc(C(=O)NC(CCOCC=CC(=O)O)C(=O)Nc2nc(-c3ccccc3)cs2)c1. The monoisotopic (exact) mass is 532 g/mol. The van der Waals surface area contributed by atoms with Crippen LogP contribution in [0.15, 0.2) is 66.3 Å². The summed E-state index contributed by atoms with van der Waals surface area (Å²) in [6.07, 6.45) is 5.70. The summed E-state index contributed by atoms with van der Waals surface area (Å²) >= 11 is 1.23. The number of carbonyl (C=O) groups is 3. The van der Waals surface area contributed by atoms with Crippen LogP contribution in [0.3, 0.4) is 0 Å². The van der Waals surface area contributed by atoms with Crippen molar-refractivity contribution in [2.45, 2.75) is 12.5 Å². The number of anilines is 1. The zero-order valence-electron chi connectivity index (χ0n) is 19.2. The summed E-state index contributed by atoms with van der Waals surface area (Å²) in [7, 11) is -3.57. The summed E-state index contributed by atoms with van der Waals surface area (Å²) in [5.41, 5.74) is 1.63. The van der Waals surface area contributed by atoms with Crippen LogP contribution in [0.25, 0.3) is 11.3 Å². The summed E-state index contributed by atoms with van der Waals surface area (Å²) in [5.74, 6) is -2.29. The molecular formula is C23H24N4O7S2. The fraction of sp³-hybridized carbons (Fsp3) is 0.217. The van der Waals surface area contributed by atoms with Crippen molar-refractivity contribution >= 4 is 44.3 Å². The molecule has 3 aromatic rings. The molecule has 0 bridgehead atoms. The molecule has 0 spiro atoms. The third-order valence-electron chi connectivity index (χ3n) is 4.76. The predicted octanol–water partition coefficient (Wildman–Crippen LogP) is 2.20. The second kappa shape index (κ2) is 12.2. The van der Waals surface area contributed by atoms with E-state index in [1.165, 1.54) is 29.7 Å². The van der Waals surface area contributed by atoms with Gasteiger partial charge >= 0.3 is 5.97 Å². The van der Waals surface area contributed by atoms with Gasteiger partial charge in [0.2, 0.25) is 15.9 Å². The summed E-state index contributed by atoms with van der Waals surface area (Å²) in [4.78, 5) is 40.7. The zero-order chi connectivity index (χ0) is 26.1. The van der Waals surface area contributed by atoms with Crippen molar-refractivity contribution in [2.75, 3.05) is 24.8 Å². The van der Waals surface area contributed by atoms with Gasteiger partial charge in [-0.2, -0.15) is 0 Å². The lowest BCUT2D eigenvalue weighted by molar-refractivity contribution is -0.131. The second-order valence-electron chi connectivity index (χ2n) is 7.52. The van der Waals surface area contributed by atoms with Gasteiger partial charge < -0.3 is 20.5 Å². The molecule has 2 heterocycles. The summed E-state index contributed by atoms with van der Waals surface area (Å²) in [6.45, 7) is 0.0541. The van der Waals surface area contributed by atoms with Gasteiger partial charge in [0.05, 0.1) is 24.1 Å². The third-order valence-corrected chi connectivity index (χ3v) is 6.51. The van der Waals surface area contributed by atoms with Crippen LogP contribution >= 0.6 is 11.3 Å². The van der Waals surface area contributed by atoms with Gasteiger partial charge in [-0.25, -0.2) is 18.2 Å². The number of hydrogen-bond acceptors (Lipinski definition) is 8. The number of aromatic nitrogens is 2. The highest BCUT2D eigenvalue weighted by molar-refractivity contribution is 7.89. The minimum absolute atomic E-state index is 0.0126. The van der Waals surface area contributed by atoms with E-state index >= 15 is 0 Å². The third kappa shape index (κ3) is 7.86.